The first-order valence-electron chi connectivity index (χ1n) is 7.88. The number of hydrogen-bond donors (Lipinski definition) is 2. The van der Waals surface area contributed by atoms with Crippen molar-refractivity contribution in [1.29, 1.82) is 0 Å². The fourth-order valence-corrected chi connectivity index (χ4v) is 4.35. The van der Waals surface area contributed by atoms with Gasteiger partial charge in [0.05, 0.1) is 0 Å². The van der Waals surface area contributed by atoms with Crippen LogP contribution in [0.5, 0.6) is 0 Å². The molecule has 1 aliphatic heterocycles. The molecule has 3 nitrogen and oxygen atoms in total. The van der Waals surface area contributed by atoms with Crippen molar-refractivity contribution in [1.82, 2.24) is 5.32 Å². The van der Waals surface area contributed by atoms with E-state index in [2.05, 4.69) is 5.32 Å². The monoisotopic (exact) mass is 252 g/mol. The summed E-state index contributed by atoms with van der Waals surface area (Å²) < 4.78 is 5.56. The molecule has 2 aliphatic carbocycles. The Labute approximate surface area is 111 Å². The molecule has 0 amide bonds. The summed E-state index contributed by atoms with van der Waals surface area (Å²) in [6, 6.07) is 1.94. The molecular formula is C15H28N2O. The molecule has 1 atom stereocenters. The van der Waals surface area contributed by atoms with Gasteiger partial charge >= 0.3 is 0 Å². The fraction of sp³-hybridized carbons (Fsp3) is 1.00. The Balaban J connectivity index is 1.57. The van der Waals surface area contributed by atoms with E-state index in [0.717, 1.165) is 25.3 Å². The van der Waals surface area contributed by atoms with E-state index in [9.17, 15) is 0 Å². The predicted octanol–water partition coefficient (Wildman–Crippen LogP) is 2.20. The lowest BCUT2D eigenvalue weighted by Gasteiger charge is -2.42. The Kier molecular flexibility index (Phi) is 3.92. The molecule has 3 aliphatic rings. The Morgan fingerprint density at radius 2 is 1.67 bits per heavy atom. The van der Waals surface area contributed by atoms with Gasteiger partial charge in [0.2, 0.25) is 0 Å². The van der Waals surface area contributed by atoms with E-state index >= 15 is 0 Å². The lowest BCUT2D eigenvalue weighted by Crippen LogP contribution is -2.50. The molecule has 1 heterocycles. The van der Waals surface area contributed by atoms with E-state index in [4.69, 9.17) is 10.5 Å². The fourth-order valence-electron chi connectivity index (χ4n) is 4.35. The summed E-state index contributed by atoms with van der Waals surface area (Å²) >= 11 is 0. The molecule has 1 saturated heterocycles. The van der Waals surface area contributed by atoms with Gasteiger partial charge in [-0.2, -0.15) is 0 Å². The zero-order valence-corrected chi connectivity index (χ0v) is 11.5. The van der Waals surface area contributed by atoms with Crippen LogP contribution in [0.3, 0.4) is 0 Å². The van der Waals surface area contributed by atoms with E-state index in [-0.39, 0.29) is 0 Å². The second-order valence-corrected chi connectivity index (χ2v) is 6.70. The molecule has 18 heavy (non-hydrogen) atoms. The van der Waals surface area contributed by atoms with Crippen molar-refractivity contribution in [3.05, 3.63) is 0 Å². The quantitative estimate of drug-likeness (QED) is 0.792. The maximum atomic E-state index is 6.00. The van der Waals surface area contributed by atoms with Gasteiger partial charge in [-0.15, -0.1) is 0 Å². The average Bonchev–Trinajstić information content (AvgIpc) is 2.76. The second kappa shape index (κ2) is 5.48. The zero-order chi connectivity index (χ0) is 12.4. The molecule has 2 saturated carbocycles. The highest BCUT2D eigenvalue weighted by Gasteiger charge is 2.44. The summed E-state index contributed by atoms with van der Waals surface area (Å²) in [4.78, 5) is 0. The highest BCUT2D eigenvalue weighted by atomic mass is 16.5. The molecule has 0 aromatic carbocycles. The van der Waals surface area contributed by atoms with Crippen molar-refractivity contribution in [2.45, 2.75) is 75.9 Å². The van der Waals surface area contributed by atoms with Crippen LogP contribution in [-0.2, 0) is 4.74 Å². The highest BCUT2D eigenvalue weighted by Crippen LogP contribution is 2.46. The SMILES string of the molecule is NC1CCC(NC2CCCC23CCOCC3)CC1. The van der Waals surface area contributed by atoms with Crippen molar-refractivity contribution in [3.63, 3.8) is 0 Å². The second-order valence-electron chi connectivity index (χ2n) is 6.70. The minimum atomic E-state index is 0.462. The van der Waals surface area contributed by atoms with Crippen LogP contribution in [-0.4, -0.2) is 31.3 Å². The van der Waals surface area contributed by atoms with Gasteiger partial charge in [-0.25, -0.2) is 0 Å². The summed E-state index contributed by atoms with van der Waals surface area (Å²) in [5, 5.41) is 3.99. The smallest absolute Gasteiger partial charge is 0.0471 e. The normalized spacial score (nSPS) is 40.2. The summed E-state index contributed by atoms with van der Waals surface area (Å²) in [5.41, 5.74) is 6.56. The van der Waals surface area contributed by atoms with Gasteiger partial charge in [-0.3, -0.25) is 0 Å². The Hall–Kier alpha value is -0.120. The molecular weight excluding hydrogens is 224 g/mol. The molecule has 1 spiro atoms. The average molecular weight is 252 g/mol. The van der Waals surface area contributed by atoms with Gasteiger partial charge in [-0.05, 0) is 56.8 Å². The number of hydrogen-bond acceptors (Lipinski definition) is 3. The van der Waals surface area contributed by atoms with Gasteiger partial charge < -0.3 is 15.8 Å². The van der Waals surface area contributed by atoms with Crippen LogP contribution < -0.4 is 11.1 Å². The molecule has 0 aromatic heterocycles. The molecule has 3 heteroatoms. The summed E-state index contributed by atoms with van der Waals surface area (Å²) in [6.07, 6.45) is 11.7. The number of ether oxygens (including phenoxy) is 1. The molecule has 3 rings (SSSR count). The van der Waals surface area contributed by atoms with Crippen LogP contribution in [0.4, 0.5) is 0 Å². The van der Waals surface area contributed by atoms with Crippen molar-refractivity contribution in [2.24, 2.45) is 11.1 Å². The van der Waals surface area contributed by atoms with Gasteiger partial charge in [0.1, 0.15) is 0 Å². The van der Waals surface area contributed by atoms with Crippen LogP contribution in [0, 0.1) is 5.41 Å². The first-order valence-corrected chi connectivity index (χ1v) is 7.88. The van der Waals surface area contributed by atoms with Crippen LogP contribution >= 0.6 is 0 Å². The van der Waals surface area contributed by atoms with E-state index in [0.29, 0.717) is 11.5 Å². The Morgan fingerprint density at radius 1 is 0.944 bits per heavy atom. The summed E-state index contributed by atoms with van der Waals surface area (Å²) in [5.74, 6) is 0. The van der Waals surface area contributed by atoms with Crippen LogP contribution in [0.25, 0.3) is 0 Å². The lowest BCUT2D eigenvalue weighted by molar-refractivity contribution is 0.00157. The third-order valence-electron chi connectivity index (χ3n) is 5.60. The maximum Gasteiger partial charge on any atom is 0.0471 e. The predicted molar refractivity (Wildman–Crippen MR) is 73.5 cm³/mol. The summed E-state index contributed by atoms with van der Waals surface area (Å²) in [7, 11) is 0. The number of rotatable bonds is 2. The molecule has 0 aromatic rings. The van der Waals surface area contributed by atoms with Gasteiger partial charge in [0, 0.05) is 31.3 Å². The van der Waals surface area contributed by atoms with Crippen LogP contribution in [0.2, 0.25) is 0 Å². The molecule has 0 bridgehead atoms. The third kappa shape index (κ3) is 2.59. The standard InChI is InChI=1S/C15H28N2O/c16-12-3-5-13(6-4-12)17-14-2-1-7-15(14)8-10-18-11-9-15/h12-14,17H,1-11,16H2. The van der Waals surface area contributed by atoms with Crippen LogP contribution in [0.1, 0.15) is 57.8 Å². The van der Waals surface area contributed by atoms with Crippen LogP contribution in [0.15, 0.2) is 0 Å². The Bertz CT molecular complexity index is 268. The first-order chi connectivity index (χ1) is 8.78. The minimum absolute atomic E-state index is 0.462. The van der Waals surface area contributed by atoms with Gasteiger partial charge in [-0.1, -0.05) is 6.42 Å². The summed E-state index contributed by atoms with van der Waals surface area (Å²) in [6.45, 7) is 1.96. The number of nitrogens with two attached hydrogens (primary N) is 1. The van der Waals surface area contributed by atoms with Crippen molar-refractivity contribution < 1.29 is 4.74 Å². The molecule has 3 N–H and O–H groups in total. The largest absolute Gasteiger partial charge is 0.381 e. The highest BCUT2D eigenvalue weighted by molar-refractivity contribution is 4.99. The lowest BCUT2D eigenvalue weighted by atomic mass is 9.75. The van der Waals surface area contributed by atoms with Gasteiger partial charge in [0.25, 0.3) is 0 Å². The molecule has 1 unspecified atom stereocenters. The van der Waals surface area contributed by atoms with E-state index in [1.165, 1.54) is 57.8 Å². The van der Waals surface area contributed by atoms with Crippen molar-refractivity contribution in [2.75, 3.05) is 13.2 Å². The maximum absolute atomic E-state index is 6.00. The zero-order valence-electron chi connectivity index (χ0n) is 11.5. The minimum Gasteiger partial charge on any atom is -0.381 e. The van der Waals surface area contributed by atoms with E-state index in [1.54, 1.807) is 0 Å². The molecule has 104 valence electrons. The van der Waals surface area contributed by atoms with Crippen molar-refractivity contribution >= 4 is 0 Å². The third-order valence-corrected chi connectivity index (χ3v) is 5.60. The van der Waals surface area contributed by atoms with E-state index < -0.39 is 0 Å². The van der Waals surface area contributed by atoms with Crippen molar-refractivity contribution in [3.8, 4) is 0 Å². The van der Waals surface area contributed by atoms with Gasteiger partial charge in [0.15, 0.2) is 0 Å². The number of nitrogens with one attached hydrogen (secondary N) is 1. The Morgan fingerprint density at radius 3 is 2.39 bits per heavy atom. The molecule has 3 fully saturated rings. The first kappa shape index (κ1) is 12.9. The molecule has 0 radical (unpaired) electrons. The van der Waals surface area contributed by atoms with E-state index in [1.807, 2.05) is 0 Å². The topological polar surface area (TPSA) is 47.3 Å².